The highest BCUT2D eigenvalue weighted by molar-refractivity contribution is 5.95. The van der Waals surface area contributed by atoms with E-state index >= 15 is 0 Å². The van der Waals surface area contributed by atoms with E-state index in [-0.39, 0.29) is 5.91 Å². The summed E-state index contributed by atoms with van der Waals surface area (Å²) in [4.78, 5) is 16.9. The van der Waals surface area contributed by atoms with E-state index in [4.69, 9.17) is 4.74 Å². The summed E-state index contributed by atoms with van der Waals surface area (Å²) in [6.45, 7) is 4.98. The number of carbonyl (C=O) groups excluding carboxylic acids is 1. The Hall–Kier alpha value is -2.44. The first-order valence-corrected chi connectivity index (χ1v) is 8.99. The summed E-state index contributed by atoms with van der Waals surface area (Å²) in [6, 6.07) is 13.9. The predicted octanol–water partition coefficient (Wildman–Crippen LogP) is 2.38. The molecule has 3 rings (SSSR count). The van der Waals surface area contributed by atoms with Crippen LogP contribution in [0.4, 0.5) is 0 Å². The Morgan fingerprint density at radius 3 is 2.62 bits per heavy atom. The molecule has 1 amide bonds. The number of rotatable bonds is 6. The second-order valence-corrected chi connectivity index (χ2v) is 6.72. The summed E-state index contributed by atoms with van der Waals surface area (Å²) in [7, 11) is 1.59. The number of hydrogen-bond acceptors (Lipinski definition) is 5. The van der Waals surface area contributed by atoms with Crippen LogP contribution in [0, 0.1) is 5.92 Å². The van der Waals surface area contributed by atoms with Crippen molar-refractivity contribution in [1.29, 1.82) is 0 Å². The number of ether oxygens (including phenoxy) is 1. The summed E-state index contributed by atoms with van der Waals surface area (Å²) in [6.07, 6.45) is 0.936. The smallest absolute Gasteiger partial charge is 0.251 e. The van der Waals surface area contributed by atoms with Crippen molar-refractivity contribution in [2.24, 2.45) is 5.92 Å². The standard InChI is InChI=1S/C20H26N4O2/c1-13-17(14(2)24-23-13)10-11-21-20(25)16-7-4-6-15(12-16)18-8-5-9-19(22-18)26-3/h4-9,12-14,17,23-24H,10-11H2,1-3H3,(H,21,25). The molecule has 1 aromatic heterocycles. The van der Waals surface area contributed by atoms with Gasteiger partial charge in [-0.15, -0.1) is 0 Å². The third-order valence-electron chi connectivity index (χ3n) is 4.94. The van der Waals surface area contributed by atoms with Gasteiger partial charge in [0, 0.05) is 35.8 Å². The van der Waals surface area contributed by atoms with Gasteiger partial charge in [-0.2, -0.15) is 0 Å². The van der Waals surface area contributed by atoms with Gasteiger partial charge in [0.15, 0.2) is 0 Å². The second-order valence-electron chi connectivity index (χ2n) is 6.72. The lowest BCUT2D eigenvalue weighted by molar-refractivity contribution is 0.0950. The lowest BCUT2D eigenvalue weighted by Crippen LogP contribution is -2.30. The molecule has 3 N–H and O–H groups in total. The Morgan fingerprint density at radius 2 is 1.88 bits per heavy atom. The quantitative estimate of drug-likeness (QED) is 0.743. The van der Waals surface area contributed by atoms with Crippen LogP contribution in [0.1, 0.15) is 30.6 Å². The van der Waals surface area contributed by atoms with E-state index < -0.39 is 0 Å². The molecule has 2 heterocycles. The molecule has 138 valence electrons. The van der Waals surface area contributed by atoms with Crippen LogP contribution in [-0.4, -0.2) is 36.6 Å². The molecule has 2 unspecified atom stereocenters. The second kappa shape index (κ2) is 8.29. The maximum atomic E-state index is 12.5. The molecule has 1 saturated heterocycles. The molecule has 6 nitrogen and oxygen atoms in total. The number of hydrogen-bond donors (Lipinski definition) is 3. The maximum Gasteiger partial charge on any atom is 0.251 e. The van der Waals surface area contributed by atoms with E-state index in [1.165, 1.54) is 0 Å². The molecule has 0 bridgehead atoms. The van der Waals surface area contributed by atoms with Gasteiger partial charge < -0.3 is 10.1 Å². The van der Waals surface area contributed by atoms with E-state index in [1.54, 1.807) is 13.2 Å². The minimum atomic E-state index is -0.0611. The van der Waals surface area contributed by atoms with Crippen molar-refractivity contribution in [2.75, 3.05) is 13.7 Å². The molecule has 26 heavy (non-hydrogen) atoms. The molecule has 1 aliphatic rings. The van der Waals surface area contributed by atoms with Crippen molar-refractivity contribution < 1.29 is 9.53 Å². The highest BCUT2D eigenvalue weighted by Gasteiger charge is 2.29. The first kappa shape index (κ1) is 18.4. The Balaban J connectivity index is 1.63. The number of nitrogens with one attached hydrogen (secondary N) is 3. The number of benzene rings is 1. The minimum absolute atomic E-state index is 0.0611. The summed E-state index contributed by atoms with van der Waals surface area (Å²) in [5.41, 5.74) is 8.80. The van der Waals surface area contributed by atoms with E-state index in [9.17, 15) is 4.79 Å². The van der Waals surface area contributed by atoms with Crippen molar-refractivity contribution in [2.45, 2.75) is 32.4 Å². The van der Waals surface area contributed by atoms with E-state index in [2.05, 4.69) is 35.0 Å². The molecular weight excluding hydrogens is 328 g/mol. The number of amides is 1. The highest BCUT2D eigenvalue weighted by atomic mass is 16.5. The third-order valence-corrected chi connectivity index (χ3v) is 4.94. The monoisotopic (exact) mass is 354 g/mol. The zero-order chi connectivity index (χ0) is 18.5. The molecule has 0 saturated carbocycles. The first-order valence-electron chi connectivity index (χ1n) is 8.99. The summed E-state index contributed by atoms with van der Waals surface area (Å²) in [5.74, 6) is 0.996. The highest BCUT2D eigenvalue weighted by Crippen LogP contribution is 2.21. The van der Waals surface area contributed by atoms with Crippen molar-refractivity contribution in [3.8, 4) is 17.1 Å². The average Bonchev–Trinajstić information content (AvgIpc) is 3.00. The van der Waals surface area contributed by atoms with Gasteiger partial charge >= 0.3 is 0 Å². The molecular formula is C20H26N4O2. The minimum Gasteiger partial charge on any atom is -0.481 e. The van der Waals surface area contributed by atoms with Crippen LogP contribution in [0.25, 0.3) is 11.3 Å². The normalized spacial score (nSPS) is 22.2. The Morgan fingerprint density at radius 1 is 1.15 bits per heavy atom. The number of aromatic nitrogens is 1. The van der Waals surface area contributed by atoms with Crippen LogP contribution in [0.15, 0.2) is 42.5 Å². The fraction of sp³-hybridized carbons (Fsp3) is 0.400. The van der Waals surface area contributed by atoms with E-state index in [0.717, 1.165) is 17.7 Å². The molecule has 1 fully saturated rings. The molecule has 0 radical (unpaired) electrons. The van der Waals surface area contributed by atoms with E-state index in [1.807, 2.05) is 36.4 Å². The maximum absolute atomic E-state index is 12.5. The molecule has 0 aliphatic carbocycles. The summed E-state index contributed by atoms with van der Waals surface area (Å²) >= 11 is 0. The zero-order valence-electron chi connectivity index (χ0n) is 15.5. The Labute approximate surface area is 154 Å². The van der Waals surface area contributed by atoms with Gasteiger partial charge in [-0.25, -0.2) is 4.98 Å². The van der Waals surface area contributed by atoms with Gasteiger partial charge in [-0.05, 0) is 44.4 Å². The number of nitrogens with zero attached hydrogens (tertiary/aromatic N) is 1. The first-order chi connectivity index (χ1) is 12.6. The summed E-state index contributed by atoms with van der Waals surface area (Å²) < 4.78 is 5.17. The summed E-state index contributed by atoms with van der Waals surface area (Å²) in [5, 5.41) is 3.03. The number of methoxy groups -OCH3 is 1. The Kier molecular flexibility index (Phi) is 5.85. The zero-order valence-corrected chi connectivity index (χ0v) is 15.5. The van der Waals surface area contributed by atoms with Crippen molar-refractivity contribution in [3.63, 3.8) is 0 Å². The number of hydrazine groups is 1. The average molecular weight is 354 g/mol. The van der Waals surface area contributed by atoms with Gasteiger partial charge in [0.2, 0.25) is 5.88 Å². The van der Waals surface area contributed by atoms with Crippen LogP contribution < -0.4 is 20.9 Å². The molecule has 1 aliphatic heterocycles. The van der Waals surface area contributed by atoms with E-state index in [0.29, 0.717) is 36.0 Å². The van der Waals surface area contributed by atoms with Crippen LogP contribution in [0.3, 0.4) is 0 Å². The van der Waals surface area contributed by atoms with Gasteiger partial charge in [0.25, 0.3) is 5.91 Å². The topological polar surface area (TPSA) is 75.3 Å². The molecule has 2 aromatic rings. The number of carbonyl (C=O) groups is 1. The molecule has 0 spiro atoms. The number of pyridine rings is 1. The van der Waals surface area contributed by atoms with Crippen LogP contribution in [0.2, 0.25) is 0 Å². The third kappa shape index (κ3) is 4.20. The fourth-order valence-corrected chi connectivity index (χ4v) is 3.37. The fourth-order valence-electron chi connectivity index (χ4n) is 3.37. The lowest BCUT2D eigenvalue weighted by Gasteiger charge is -2.17. The van der Waals surface area contributed by atoms with Crippen molar-refractivity contribution in [1.82, 2.24) is 21.2 Å². The Bertz CT molecular complexity index is 755. The van der Waals surface area contributed by atoms with Crippen molar-refractivity contribution in [3.05, 3.63) is 48.0 Å². The van der Waals surface area contributed by atoms with Gasteiger partial charge in [0.1, 0.15) is 0 Å². The molecule has 1 aromatic carbocycles. The largest absolute Gasteiger partial charge is 0.481 e. The predicted molar refractivity (Wildman–Crippen MR) is 102 cm³/mol. The van der Waals surface area contributed by atoms with Gasteiger partial charge in [0.05, 0.1) is 12.8 Å². The molecule has 6 heteroatoms. The molecule has 2 atom stereocenters. The van der Waals surface area contributed by atoms with Crippen LogP contribution in [0.5, 0.6) is 5.88 Å². The lowest BCUT2D eigenvalue weighted by atomic mass is 9.93. The van der Waals surface area contributed by atoms with Crippen molar-refractivity contribution >= 4 is 5.91 Å². The van der Waals surface area contributed by atoms with Gasteiger partial charge in [-0.1, -0.05) is 18.2 Å². The van der Waals surface area contributed by atoms with Crippen LogP contribution in [-0.2, 0) is 0 Å². The van der Waals surface area contributed by atoms with Gasteiger partial charge in [-0.3, -0.25) is 15.6 Å². The SMILES string of the molecule is COc1cccc(-c2cccc(C(=O)NCCC3C(C)NNC3C)c2)n1. The van der Waals surface area contributed by atoms with Crippen LogP contribution >= 0.6 is 0 Å².